The monoisotopic (exact) mass is 390 g/mol. The minimum Gasteiger partial charge on any atom is -0.361 e. The zero-order valence-electron chi connectivity index (χ0n) is 14.0. The van der Waals surface area contributed by atoms with Crippen molar-refractivity contribution in [1.82, 2.24) is 9.97 Å². The number of amides is 1. The molecule has 0 saturated carbocycles. The average molecular weight is 390 g/mol. The van der Waals surface area contributed by atoms with E-state index in [4.69, 9.17) is 0 Å². The molecule has 2 N–H and O–H groups in total. The number of benzene rings is 1. The van der Waals surface area contributed by atoms with E-state index in [2.05, 4.69) is 15.3 Å². The summed E-state index contributed by atoms with van der Waals surface area (Å²) in [6.07, 6.45) is -2.85. The van der Waals surface area contributed by atoms with Gasteiger partial charge >= 0.3 is 6.18 Å². The van der Waals surface area contributed by atoms with Crippen LogP contribution in [0.1, 0.15) is 16.8 Å². The molecule has 0 saturated heterocycles. The van der Waals surface area contributed by atoms with Crippen molar-refractivity contribution in [3.8, 4) is 6.07 Å². The zero-order valence-corrected chi connectivity index (χ0v) is 14.8. The normalized spacial score (nSPS) is 11.4. The van der Waals surface area contributed by atoms with E-state index in [0.717, 1.165) is 28.7 Å². The number of thioether (sulfide) groups is 1. The van der Waals surface area contributed by atoms with Crippen molar-refractivity contribution in [2.45, 2.75) is 18.1 Å². The van der Waals surface area contributed by atoms with Crippen molar-refractivity contribution in [3.63, 3.8) is 0 Å². The number of anilines is 1. The lowest BCUT2D eigenvalue weighted by atomic mass is 10.1. The van der Waals surface area contributed by atoms with Gasteiger partial charge in [0.1, 0.15) is 16.8 Å². The number of H-pyrrole nitrogens is 1. The highest BCUT2D eigenvalue weighted by Gasteiger charge is 2.34. The summed E-state index contributed by atoms with van der Waals surface area (Å²) in [7, 11) is 0. The van der Waals surface area contributed by atoms with Crippen molar-refractivity contribution >= 4 is 34.3 Å². The Bertz CT molecular complexity index is 1050. The molecular weight excluding hydrogens is 377 g/mol. The summed E-state index contributed by atoms with van der Waals surface area (Å²) >= 11 is 0.795. The molecule has 0 unspecified atom stereocenters. The van der Waals surface area contributed by atoms with Gasteiger partial charge in [-0.2, -0.15) is 18.4 Å². The Morgan fingerprint density at radius 3 is 2.81 bits per heavy atom. The molecule has 0 bridgehead atoms. The maximum absolute atomic E-state index is 12.9. The van der Waals surface area contributed by atoms with Gasteiger partial charge in [-0.05, 0) is 42.1 Å². The number of pyridine rings is 1. The van der Waals surface area contributed by atoms with Gasteiger partial charge in [-0.1, -0.05) is 17.8 Å². The third kappa shape index (κ3) is 4.23. The third-order valence-electron chi connectivity index (χ3n) is 3.76. The molecule has 9 heteroatoms. The number of aromatic amines is 1. The standard InChI is InChI=1S/C18H13F3N4OS/c1-10-6-15(18(19,20)21)25-17(13(10)8-22)27-9-16(26)24-12-3-2-11-4-5-23-14(11)7-12/h2-7,23H,9H2,1H3,(H,24,26). The number of rotatable bonds is 4. The third-order valence-corrected chi connectivity index (χ3v) is 4.74. The molecule has 3 rings (SSSR count). The van der Waals surface area contributed by atoms with Gasteiger partial charge in [-0.25, -0.2) is 4.98 Å². The van der Waals surface area contributed by atoms with E-state index < -0.39 is 17.8 Å². The molecule has 0 aliphatic heterocycles. The largest absolute Gasteiger partial charge is 0.433 e. The Balaban J connectivity index is 1.74. The fourth-order valence-corrected chi connectivity index (χ4v) is 3.34. The van der Waals surface area contributed by atoms with Crippen LogP contribution < -0.4 is 5.32 Å². The lowest BCUT2D eigenvalue weighted by Gasteiger charge is -2.11. The summed E-state index contributed by atoms with van der Waals surface area (Å²) in [5, 5.41) is 12.7. The van der Waals surface area contributed by atoms with Crippen LogP contribution in [0.5, 0.6) is 0 Å². The van der Waals surface area contributed by atoms with E-state index >= 15 is 0 Å². The minimum atomic E-state index is -4.62. The lowest BCUT2D eigenvalue weighted by Crippen LogP contribution is -2.15. The number of fused-ring (bicyclic) bond motifs is 1. The van der Waals surface area contributed by atoms with Crippen molar-refractivity contribution in [2.75, 3.05) is 11.1 Å². The highest BCUT2D eigenvalue weighted by atomic mass is 32.2. The molecule has 0 fully saturated rings. The molecule has 0 radical (unpaired) electrons. The number of aromatic nitrogens is 2. The van der Waals surface area contributed by atoms with Crippen molar-refractivity contribution < 1.29 is 18.0 Å². The van der Waals surface area contributed by atoms with Crippen molar-refractivity contribution in [2.24, 2.45) is 0 Å². The van der Waals surface area contributed by atoms with Gasteiger partial charge in [-0.15, -0.1) is 0 Å². The van der Waals surface area contributed by atoms with Crippen LogP contribution in [0.4, 0.5) is 18.9 Å². The van der Waals surface area contributed by atoms with Crippen LogP contribution in [0.15, 0.2) is 41.6 Å². The number of aryl methyl sites for hydroxylation is 1. The summed E-state index contributed by atoms with van der Waals surface area (Å²) < 4.78 is 38.8. The fraction of sp³-hybridized carbons (Fsp3) is 0.167. The first-order chi connectivity index (χ1) is 12.8. The molecule has 3 aromatic rings. The topological polar surface area (TPSA) is 81.6 Å². The number of nitrogens with one attached hydrogen (secondary N) is 2. The Morgan fingerprint density at radius 2 is 2.11 bits per heavy atom. The maximum Gasteiger partial charge on any atom is 0.433 e. The smallest absolute Gasteiger partial charge is 0.361 e. The first kappa shape index (κ1) is 18.8. The van der Waals surface area contributed by atoms with Crippen LogP contribution in [0.2, 0.25) is 0 Å². The number of hydrogen-bond donors (Lipinski definition) is 2. The second-order valence-corrected chi connectivity index (χ2v) is 6.69. The zero-order chi connectivity index (χ0) is 19.6. The molecule has 0 spiro atoms. The SMILES string of the molecule is Cc1cc(C(F)(F)F)nc(SCC(=O)Nc2ccc3cc[nH]c3c2)c1C#N. The Hall–Kier alpha value is -2.99. The Kier molecular flexibility index (Phi) is 5.10. The predicted octanol–water partition coefficient (Wildman–Crippen LogP) is 4.49. The number of halogens is 3. The number of carbonyl (C=O) groups excluding carboxylic acids is 1. The van der Waals surface area contributed by atoms with E-state index in [1.165, 1.54) is 6.92 Å². The van der Waals surface area contributed by atoms with E-state index in [1.807, 2.05) is 18.2 Å². The fourth-order valence-electron chi connectivity index (χ4n) is 2.49. The van der Waals surface area contributed by atoms with Crippen LogP contribution in [0, 0.1) is 18.3 Å². The Morgan fingerprint density at radius 1 is 1.33 bits per heavy atom. The molecule has 0 atom stereocenters. The molecule has 5 nitrogen and oxygen atoms in total. The quantitative estimate of drug-likeness (QED) is 0.643. The number of alkyl halides is 3. The van der Waals surface area contributed by atoms with Crippen molar-refractivity contribution in [3.05, 3.63) is 53.3 Å². The minimum absolute atomic E-state index is 0.0357. The van der Waals surface area contributed by atoms with Crippen LogP contribution in [0.3, 0.4) is 0 Å². The maximum atomic E-state index is 12.9. The molecule has 27 heavy (non-hydrogen) atoms. The van der Waals surface area contributed by atoms with Gasteiger partial charge in [0, 0.05) is 17.4 Å². The molecule has 0 aliphatic rings. The van der Waals surface area contributed by atoms with Crippen LogP contribution >= 0.6 is 11.8 Å². The summed E-state index contributed by atoms with van der Waals surface area (Å²) in [6.45, 7) is 1.41. The summed E-state index contributed by atoms with van der Waals surface area (Å²) in [5.41, 5.74) is 0.527. The number of nitrogens with zero attached hydrogens (tertiary/aromatic N) is 2. The van der Waals surface area contributed by atoms with E-state index in [9.17, 15) is 23.2 Å². The predicted molar refractivity (Wildman–Crippen MR) is 96.3 cm³/mol. The van der Waals surface area contributed by atoms with Crippen LogP contribution in [0.25, 0.3) is 10.9 Å². The van der Waals surface area contributed by atoms with E-state index in [0.29, 0.717) is 5.69 Å². The summed E-state index contributed by atoms with van der Waals surface area (Å²) in [6, 6.07) is 9.88. The first-order valence-electron chi connectivity index (χ1n) is 7.76. The summed E-state index contributed by atoms with van der Waals surface area (Å²) in [5.74, 6) is -0.586. The molecule has 2 aromatic heterocycles. The van der Waals surface area contributed by atoms with Gasteiger partial charge in [-0.3, -0.25) is 4.79 Å². The molecular formula is C18H13F3N4OS. The van der Waals surface area contributed by atoms with Crippen molar-refractivity contribution in [1.29, 1.82) is 5.26 Å². The van der Waals surface area contributed by atoms with E-state index in [-0.39, 0.29) is 21.9 Å². The molecule has 1 amide bonds. The Labute approximate surface area is 156 Å². The average Bonchev–Trinajstić information content (AvgIpc) is 3.06. The lowest BCUT2D eigenvalue weighted by molar-refractivity contribution is -0.141. The molecule has 0 aliphatic carbocycles. The highest BCUT2D eigenvalue weighted by molar-refractivity contribution is 8.00. The molecule has 138 valence electrons. The number of carbonyl (C=O) groups is 1. The molecule has 2 heterocycles. The van der Waals surface area contributed by atoms with Crippen LogP contribution in [-0.4, -0.2) is 21.6 Å². The second kappa shape index (κ2) is 7.32. The number of nitriles is 1. The highest BCUT2D eigenvalue weighted by Crippen LogP contribution is 2.32. The van der Waals surface area contributed by atoms with Crippen LogP contribution in [-0.2, 0) is 11.0 Å². The first-order valence-corrected chi connectivity index (χ1v) is 8.75. The summed E-state index contributed by atoms with van der Waals surface area (Å²) in [4.78, 5) is 18.7. The van der Waals surface area contributed by atoms with Gasteiger partial charge in [0.05, 0.1) is 11.3 Å². The van der Waals surface area contributed by atoms with E-state index in [1.54, 1.807) is 18.3 Å². The second-order valence-electron chi connectivity index (χ2n) is 5.73. The van der Waals surface area contributed by atoms with Gasteiger partial charge in [0.25, 0.3) is 0 Å². The van der Waals surface area contributed by atoms with Gasteiger partial charge < -0.3 is 10.3 Å². The van der Waals surface area contributed by atoms with Gasteiger partial charge in [0.15, 0.2) is 0 Å². The van der Waals surface area contributed by atoms with Gasteiger partial charge in [0.2, 0.25) is 5.91 Å². The number of hydrogen-bond acceptors (Lipinski definition) is 4. The molecule has 1 aromatic carbocycles.